The third-order valence-corrected chi connectivity index (χ3v) is 3.93. The molecule has 0 amide bonds. The zero-order chi connectivity index (χ0) is 14.8. The van der Waals surface area contributed by atoms with Crippen LogP contribution in [0.3, 0.4) is 0 Å². The van der Waals surface area contributed by atoms with Gasteiger partial charge in [0.05, 0.1) is 25.6 Å². The lowest BCUT2D eigenvalue weighted by Crippen LogP contribution is -2.00. The molecule has 0 bridgehead atoms. The van der Waals surface area contributed by atoms with Gasteiger partial charge in [-0.15, -0.1) is 0 Å². The van der Waals surface area contributed by atoms with Crippen LogP contribution in [0.4, 0.5) is 17.1 Å². The van der Waals surface area contributed by atoms with Crippen LogP contribution >= 0.6 is 0 Å². The van der Waals surface area contributed by atoms with Crippen molar-refractivity contribution in [2.45, 2.75) is 19.3 Å². The van der Waals surface area contributed by atoms with E-state index in [1.54, 1.807) is 20.3 Å². The number of rotatable bonds is 4. The van der Waals surface area contributed by atoms with Crippen LogP contribution in [-0.2, 0) is 12.8 Å². The number of hydrogen-bond donors (Lipinski definition) is 2. The van der Waals surface area contributed by atoms with Crippen LogP contribution in [0.15, 0.2) is 30.3 Å². The van der Waals surface area contributed by atoms with E-state index in [4.69, 9.17) is 15.2 Å². The highest BCUT2D eigenvalue weighted by Crippen LogP contribution is 2.36. The first kappa shape index (κ1) is 13.6. The quantitative estimate of drug-likeness (QED) is 0.843. The van der Waals surface area contributed by atoms with Crippen molar-refractivity contribution in [1.82, 2.24) is 0 Å². The average molecular weight is 284 g/mol. The number of anilines is 3. The Morgan fingerprint density at radius 1 is 0.952 bits per heavy atom. The fourth-order valence-corrected chi connectivity index (χ4v) is 2.81. The zero-order valence-electron chi connectivity index (χ0n) is 12.4. The van der Waals surface area contributed by atoms with Gasteiger partial charge in [0.1, 0.15) is 0 Å². The molecule has 3 N–H and O–H groups in total. The van der Waals surface area contributed by atoms with Gasteiger partial charge in [-0.3, -0.25) is 0 Å². The van der Waals surface area contributed by atoms with Crippen LogP contribution in [0.5, 0.6) is 11.5 Å². The lowest BCUT2D eigenvalue weighted by molar-refractivity contribution is 0.355. The second-order valence-corrected chi connectivity index (χ2v) is 5.26. The van der Waals surface area contributed by atoms with Crippen LogP contribution in [0.1, 0.15) is 17.5 Å². The summed E-state index contributed by atoms with van der Waals surface area (Å²) in [5, 5.41) is 3.37. The molecular weight excluding hydrogens is 264 g/mol. The third kappa shape index (κ3) is 2.61. The van der Waals surface area contributed by atoms with E-state index < -0.39 is 0 Å². The largest absolute Gasteiger partial charge is 0.493 e. The van der Waals surface area contributed by atoms with Gasteiger partial charge in [0, 0.05) is 17.8 Å². The van der Waals surface area contributed by atoms with E-state index in [9.17, 15) is 0 Å². The molecule has 21 heavy (non-hydrogen) atoms. The van der Waals surface area contributed by atoms with E-state index in [-0.39, 0.29) is 0 Å². The van der Waals surface area contributed by atoms with Gasteiger partial charge in [-0.05, 0) is 42.5 Å². The Labute approximate surface area is 124 Å². The van der Waals surface area contributed by atoms with Crippen LogP contribution in [0.2, 0.25) is 0 Å². The van der Waals surface area contributed by atoms with Crippen LogP contribution in [-0.4, -0.2) is 14.2 Å². The summed E-state index contributed by atoms with van der Waals surface area (Å²) in [5.41, 5.74) is 11.5. The molecule has 0 heterocycles. The number of aryl methyl sites for hydroxylation is 2. The van der Waals surface area contributed by atoms with Gasteiger partial charge in [0.25, 0.3) is 0 Å². The van der Waals surface area contributed by atoms with E-state index in [1.807, 2.05) is 6.07 Å². The maximum atomic E-state index is 6.08. The number of nitrogens with two attached hydrogens (primary N) is 1. The lowest BCUT2D eigenvalue weighted by atomic mass is 10.1. The molecule has 1 aliphatic rings. The third-order valence-electron chi connectivity index (χ3n) is 3.93. The topological polar surface area (TPSA) is 56.5 Å². The minimum atomic E-state index is 0.633. The molecule has 0 aromatic heterocycles. The van der Waals surface area contributed by atoms with E-state index >= 15 is 0 Å². The summed E-state index contributed by atoms with van der Waals surface area (Å²) in [6.45, 7) is 0. The Morgan fingerprint density at radius 2 is 1.67 bits per heavy atom. The molecule has 0 saturated heterocycles. The predicted molar refractivity (Wildman–Crippen MR) is 85.7 cm³/mol. The predicted octanol–water partition coefficient (Wildman–Crippen LogP) is 3.52. The first-order valence-electron chi connectivity index (χ1n) is 7.11. The summed E-state index contributed by atoms with van der Waals surface area (Å²) >= 11 is 0. The van der Waals surface area contributed by atoms with Gasteiger partial charge in [-0.1, -0.05) is 6.07 Å². The summed E-state index contributed by atoms with van der Waals surface area (Å²) < 4.78 is 10.6. The molecule has 0 radical (unpaired) electrons. The second-order valence-electron chi connectivity index (χ2n) is 5.26. The van der Waals surface area contributed by atoms with Gasteiger partial charge in [-0.25, -0.2) is 0 Å². The molecule has 2 aromatic rings. The maximum absolute atomic E-state index is 6.08. The van der Waals surface area contributed by atoms with E-state index in [2.05, 4.69) is 23.5 Å². The van der Waals surface area contributed by atoms with Crippen LogP contribution in [0.25, 0.3) is 0 Å². The summed E-state index contributed by atoms with van der Waals surface area (Å²) in [7, 11) is 3.22. The monoisotopic (exact) mass is 284 g/mol. The van der Waals surface area contributed by atoms with Crippen molar-refractivity contribution in [1.29, 1.82) is 0 Å². The van der Waals surface area contributed by atoms with Crippen molar-refractivity contribution < 1.29 is 9.47 Å². The Kier molecular flexibility index (Phi) is 3.60. The molecule has 0 aliphatic heterocycles. The first-order chi connectivity index (χ1) is 10.2. The van der Waals surface area contributed by atoms with Crippen molar-refractivity contribution in [3.63, 3.8) is 0 Å². The SMILES string of the molecule is COc1cc(N)c(Nc2ccc3c(c2)CCC3)cc1OC. The number of nitrogen functional groups attached to an aromatic ring is 1. The smallest absolute Gasteiger partial charge is 0.162 e. The maximum Gasteiger partial charge on any atom is 0.162 e. The molecule has 4 nitrogen and oxygen atoms in total. The Bertz CT molecular complexity index is 668. The fourth-order valence-electron chi connectivity index (χ4n) is 2.81. The fraction of sp³-hybridized carbons (Fsp3) is 0.294. The van der Waals surface area contributed by atoms with Crippen molar-refractivity contribution >= 4 is 17.1 Å². The van der Waals surface area contributed by atoms with E-state index in [0.29, 0.717) is 17.2 Å². The van der Waals surface area contributed by atoms with Gasteiger partial charge in [-0.2, -0.15) is 0 Å². The number of ether oxygens (including phenoxy) is 2. The highest BCUT2D eigenvalue weighted by atomic mass is 16.5. The molecule has 4 heteroatoms. The van der Waals surface area contributed by atoms with Crippen molar-refractivity contribution in [3.8, 4) is 11.5 Å². The number of nitrogens with one attached hydrogen (secondary N) is 1. The molecule has 110 valence electrons. The molecule has 2 aromatic carbocycles. The number of benzene rings is 2. The summed E-state index contributed by atoms with van der Waals surface area (Å²) in [4.78, 5) is 0. The molecule has 1 aliphatic carbocycles. The Balaban J connectivity index is 1.91. The summed E-state index contributed by atoms with van der Waals surface area (Å²) in [5.74, 6) is 1.30. The van der Waals surface area contributed by atoms with Crippen molar-refractivity contribution in [2.24, 2.45) is 0 Å². The molecule has 3 rings (SSSR count). The highest BCUT2D eigenvalue weighted by Gasteiger charge is 2.13. The summed E-state index contributed by atoms with van der Waals surface area (Å²) in [6.07, 6.45) is 3.59. The van der Waals surface area contributed by atoms with E-state index in [1.165, 1.54) is 24.0 Å². The van der Waals surface area contributed by atoms with E-state index in [0.717, 1.165) is 17.8 Å². The van der Waals surface area contributed by atoms with Crippen molar-refractivity contribution in [2.75, 3.05) is 25.3 Å². The Morgan fingerprint density at radius 3 is 2.43 bits per heavy atom. The molecule has 0 fully saturated rings. The summed E-state index contributed by atoms with van der Waals surface area (Å²) in [6, 6.07) is 10.1. The molecular formula is C17H20N2O2. The van der Waals surface area contributed by atoms with Crippen LogP contribution in [0, 0.1) is 0 Å². The normalized spacial score (nSPS) is 12.9. The van der Waals surface area contributed by atoms with Gasteiger partial charge < -0.3 is 20.5 Å². The minimum Gasteiger partial charge on any atom is -0.493 e. The number of hydrogen-bond acceptors (Lipinski definition) is 4. The van der Waals surface area contributed by atoms with Gasteiger partial charge >= 0.3 is 0 Å². The number of methoxy groups -OCH3 is 2. The molecule has 0 saturated carbocycles. The number of fused-ring (bicyclic) bond motifs is 1. The van der Waals surface area contributed by atoms with Gasteiger partial charge in [0.2, 0.25) is 0 Å². The van der Waals surface area contributed by atoms with Gasteiger partial charge in [0.15, 0.2) is 11.5 Å². The lowest BCUT2D eigenvalue weighted by Gasteiger charge is -2.14. The minimum absolute atomic E-state index is 0.633. The van der Waals surface area contributed by atoms with Crippen LogP contribution < -0.4 is 20.5 Å². The molecule has 0 unspecified atom stereocenters. The Hall–Kier alpha value is -2.36. The average Bonchev–Trinajstić information content (AvgIpc) is 2.96. The first-order valence-corrected chi connectivity index (χ1v) is 7.11. The van der Waals surface area contributed by atoms with Crippen molar-refractivity contribution in [3.05, 3.63) is 41.5 Å². The standard InChI is InChI=1S/C17H20N2O2/c1-20-16-9-14(18)15(10-17(16)21-2)19-13-7-6-11-4-3-5-12(11)8-13/h6-10,19H,3-5,18H2,1-2H3. The molecule has 0 atom stereocenters. The zero-order valence-corrected chi connectivity index (χ0v) is 12.4. The molecule has 0 spiro atoms. The second kappa shape index (κ2) is 5.56. The highest BCUT2D eigenvalue weighted by molar-refractivity contribution is 5.77.